The molecule has 0 atom stereocenters. The van der Waals surface area contributed by atoms with Gasteiger partial charge in [0.25, 0.3) is 0 Å². The molecule has 1 fully saturated rings. The Morgan fingerprint density at radius 1 is 1.23 bits per heavy atom. The molecular formula is C19H25N5O2. The third-order valence-corrected chi connectivity index (χ3v) is 4.16. The highest BCUT2D eigenvalue weighted by Gasteiger charge is 2.26. The molecule has 2 N–H and O–H groups in total. The Bertz CT molecular complexity index is 757. The van der Waals surface area contributed by atoms with Crippen molar-refractivity contribution in [2.24, 2.45) is 0 Å². The maximum atomic E-state index is 11.5. The number of hydrogen-bond donors (Lipinski definition) is 2. The van der Waals surface area contributed by atoms with Crippen molar-refractivity contribution in [1.82, 2.24) is 14.9 Å². The summed E-state index contributed by atoms with van der Waals surface area (Å²) in [5.74, 6) is 1.58. The van der Waals surface area contributed by atoms with Crippen LogP contribution in [-0.2, 0) is 4.74 Å². The fraction of sp³-hybridized carbons (Fsp3) is 0.421. The van der Waals surface area contributed by atoms with Crippen molar-refractivity contribution < 1.29 is 9.53 Å². The van der Waals surface area contributed by atoms with Crippen LogP contribution in [0.15, 0.2) is 30.3 Å². The highest BCUT2D eigenvalue weighted by molar-refractivity contribution is 5.89. The van der Waals surface area contributed by atoms with Crippen molar-refractivity contribution in [3.8, 4) is 0 Å². The lowest BCUT2D eigenvalue weighted by Gasteiger charge is -2.13. The lowest BCUT2D eigenvalue weighted by molar-refractivity contribution is 0.0601. The van der Waals surface area contributed by atoms with Gasteiger partial charge in [-0.1, -0.05) is 0 Å². The minimum absolute atomic E-state index is 0.345. The molecule has 1 heterocycles. The van der Waals surface area contributed by atoms with Gasteiger partial charge >= 0.3 is 5.97 Å². The molecule has 0 spiro atoms. The van der Waals surface area contributed by atoms with E-state index in [4.69, 9.17) is 4.74 Å². The molecule has 7 heteroatoms. The molecule has 1 saturated carbocycles. The summed E-state index contributed by atoms with van der Waals surface area (Å²) >= 11 is 0. The predicted octanol–water partition coefficient (Wildman–Crippen LogP) is 2.86. The molecule has 1 aliphatic rings. The maximum Gasteiger partial charge on any atom is 0.337 e. The number of nitrogens with zero attached hydrogens (tertiary/aromatic N) is 3. The normalized spacial score (nSPS) is 13.5. The number of ether oxygens (including phenoxy) is 1. The predicted molar refractivity (Wildman–Crippen MR) is 102 cm³/mol. The Morgan fingerprint density at radius 3 is 2.58 bits per heavy atom. The van der Waals surface area contributed by atoms with Crippen molar-refractivity contribution in [3.63, 3.8) is 0 Å². The first-order valence-corrected chi connectivity index (χ1v) is 8.78. The Morgan fingerprint density at radius 2 is 1.96 bits per heavy atom. The van der Waals surface area contributed by atoms with Gasteiger partial charge in [0.2, 0.25) is 5.95 Å². The number of esters is 1. The zero-order valence-corrected chi connectivity index (χ0v) is 15.5. The first kappa shape index (κ1) is 18.1. The smallest absolute Gasteiger partial charge is 0.337 e. The summed E-state index contributed by atoms with van der Waals surface area (Å²) < 4.78 is 4.72. The van der Waals surface area contributed by atoms with Crippen molar-refractivity contribution in [3.05, 3.63) is 41.6 Å². The largest absolute Gasteiger partial charge is 0.465 e. The molecule has 26 heavy (non-hydrogen) atoms. The van der Waals surface area contributed by atoms with Crippen molar-refractivity contribution >= 4 is 23.4 Å². The number of benzene rings is 1. The van der Waals surface area contributed by atoms with Crippen LogP contribution >= 0.6 is 0 Å². The van der Waals surface area contributed by atoms with Crippen LogP contribution in [0.1, 0.15) is 34.8 Å². The second-order valence-corrected chi connectivity index (χ2v) is 6.70. The summed E-state index contributed by atoms with van der Waals surface area (Å²) in [4.78, 5) is 22.8. The molecule has 0 saturated heterocycles. The Hall–Kier alpha value is -2.67. The monoisotopic (exact) mass is 355 g/mol. The molecule has 0 unspecified atom stereocenters. The van der Waals surface area contributed by atoms with E-state index in [1.54, 1.807) is 12.1 Å². The van der Waals surface area contributed by atoms with Crippen LogP contribution in [0, 0.1) is 0 Å². The summed E-state index contributed by atoms with van der Waals surface area (Å²) in [6, 6.07) is 9.14. The highest BCUT2D eigenvalue weighted by atomic mass is 16.5. The van der Waals surface area contributed by atoms with Gasteiger partial charge in [-0.15, -0.1) is 0 Å². The first-order chi connectivity index (χ1) is 12.5. The average Bonchev–Trinajstić information content (AvgIpc) is 3.46. The van der Waals surface area contributed by atoms with Crippen molar-refractivity contribution in [1.29, 1.82) is 0 Å². The Labute approximate surface area is 153 Å². The van der Waals surface area contributed by atoms with Crippen molar-refractivity contribution in [2.75, 3.05) is 44.9 Å². The van der Waals surface area contributed by atoms with Crippen LogP contribution in [-0.4, -0.2) is 55.1 Å². The summed E-state index contributed by atoms with van der Waals surface area (Å²) in [6.45, 7) is 1.70. The molecule has 1 aromatic carbocycles. The van der Waals surface area contributed by atoms with E-state index < -0.39 is 0 Å². The second-order valence-electron chi connectivity index (χ2n) is 6.70. The number of rotatable bonds is 8. The molecule has 3 rings (SSSR count). The van der Waals surface area contributed by atoms with Gasteiger partial charge in [-0.25, -0.2) is 9.78 Å². The van der Waals surface area contributed by atoms with E-state index in [1.165, 1.54) is 20.0 Å². The molecule has 7 nitrogen and oxygen atoms in total. The number of likely N-dealkylation sites (N-methyl/N-ethyl adjacent to an activating group) is 1. The van der Waals surface area contributed by atoms with Gasteiger partial charge in [-0.2, -0.15) is 4.98 Å². The molecule has 1 aliphatic carbocycles. The van der Waals surface area contributed by atoms with E-state index in [0.29, 0.717) is 17.4 Å². The lowest BCUT2D eigenvalue weighted by atomic mass is 10.2. The number of hydrogen-bond acceptors (Lipinski definition) is 7. The molecule has 138 valence electrons. The van der Waals surface area contributed by atoms with Crippen LogP contribution in [0.2, 0.25) is 0 Å². The molecule has 0 radical (unpaired) electrons. The first-order valence-electron chi connectivity index (χ1n) is 8.78. The van der Waals surface area contributed by atoms with Crippen LogP contribution < -0.4 is 10.6 Å². The minimum Gasteiger partial charge on any atom is -0.465 e. The van der Waals surface area contributed by atoms with Crippen molar-refractivity contribution in [2.45, 2.75) is 18.8 Å². The van der Waals surface area contributed by atoms with Gasteiger partial charge in [0.1, 0.15) is 5.82 Å². The summed E-state index contributed by atoms with van der Waals surface area (Å²) in [7, 11) is 5.45. The second kappa shape index (κ2) is 8.14. The van der Waals surface area contributed by atoms with Gasteiger partial charge in [0.15, 0.2) is 0 Å². The standard InChI is InChI=1S/C19H25N5O2/c1-24(2)11-10-20-19-22-16(13-4-5-13)12-17(23-19)21-15-8-6-14(7-9-15)18(25)26-3/h6-9,12-13H,4-5,10-11H2,1-3H3,(H2,20,21,22,23). The summed E-state index contributed by atoms with van der Waals surface area (Å²) in [5.41, 5.74) is 2.45. The zero-order chi connectivity index (χ0) is 18.5. The van der Waals surface area contributed by atoms with E-state index in [9.17, 15) is 4.79 Å². The van der Waals surface area contributed by atoms with E-state index in [0.717, 1.165) is 30.3 Å². The van der Waals surface area contributed by atoms with Gasteiger partial charge in [-0.05, 0) is 51.2 Å². The van der Waals surface area contributed by atoms with Crippen LogP contribution in [0.4, 0.5) is 17.5 Å². The summed E-state index contributed by atoms with van der Waals surface area (Å²) in [5, 5.41) is 6.59. The SMILES string of the molecule is COC(=O)c1ccc(Nc2cc(C3CC3)nc(NCCN(C)C)n2)cc1. The van der Waals surface area contributed by atoms with E-state index in [1.807, 2.05) is 32.3 Å². The molecule has 2 aromatic rings. The maximum absolute atomic E-state index is 11.5. The fourth-order valence-electron chi connectivity index (χ4n) is 2.54. The van der Waals surface area contributed by atoms with Gasteiger partial charge in [0.05, 0.1) is 18.4 Å². The summed E-state index contributed by atoms with van der Waals surface area (Å²) in [6.07, 6.45) is 2.36. The van der Waals surface area contributed by atoms with E-state index in [-0.39, 0.29) is 5.97 Å². The van der Waals surface area contributed by atoms with Gasteiger partial charge in [-0.3, -0.25) is 0 Å². The topological polar surface area (TPSA) is 79.4 Å². The number of carbonyl (C=O) groups is 1. The van der Waals surface area contributed by atoms with Gasteiger partial charge < -0.3 is 20.3 Å². The Kier molecular flexibility index (Phi) is 5.68. The number of carbonyl (C=O) groups excluding carboxylic acids is 1. The zero-order valence-electron chi connectivity index (χ0n) is 15.5. The number of nitrogens with one attached hydrogen (secondary N) is 2. The minimum atomic E-state index is -0.345. The molecule has 0 aliphatic heterocycles. The number of methoxy groups -OCH3 is 1. The molecule has 1 aromatic heterocycles. The fourth-order valence-corrected chi connectivity index (χ4v) is 2.54. The quantitative estimate of drug-likeness (QED) is 0.705. The van der Waals surface area contributed by atoms with Crippen LogP contribution in [0.3, 0.4) is 0 Å². The third kappa shape index (κ3) is 4.92. The molecule has 0 bridgehead atoms. The van der Waals surface area contributed by atoms with E-state index >= 15 is 0 Å². The highest BCUT2D eigenvalue weighted by Crippen LogP contribution is 2.40. The lowest BCUT2D eigenvalue weighted by Crippen LogP contribution is -2.21. The van der Waals surface area contributed by atoms with Gasteiger partial charge in [0, 0.05) is 30.8 Å². The van der Waals surface area contributed by atoms with Crippen LogP contribution in [0.25, 0.3) is 0 Å². The molecule has 0 amide bonds. The third-order valence-electron chi connectivity index (χ3n) is 4.16. The van der Waals surface area contributed by atoms with E-state index in [2.05, 4.69) is 25.5 Å². The number of anilines is 3. The average molecular weight is 355 g/mol. The Balaban J connectivity index is 1.73. The molecular weight excluding hydrogens is 330 g/mol. The van der Waals surface area contributed by atoms with Crippen LogP contribution in [0.5, 0.6) is 0 Å². The number of aromatic nitrogens is 2.